The second-order valence-electron chi connectivity index (χ2n) is 5.11. The molecule has 0 aromatic heterocycles. The zero-order valence-corrected chi connectivity index (χ0v) is 12.7. The first-order valence-corrected chi connectivity index (χ1v) is 7.49. The van der Waals surface area contributed by atoms with Gasteiger partial charge in [-0.2, -0.15) is 0 Å². The number of nitrogens with zero attached hydrogens (tertiary/aromatic N) is 1. The molecule has 1 aliphatic heterocycles. The smallest absolute Gasteiger partial charge is 0.0635 e. The van der Waals surface area contributed by atoms with Gasteiger partial charge in [0.15, 0.2) is 0 Å². The Labute approximate surface area is 125 Å². The lowest BCUT2D eigenvalue weighted by atomic mass is 10.1. The summed E-state index contributed by atoms with van der Waals surface area (Å²) in [6.07, 6.45) is 2.16. The van der Waals surface area contributed by atoms with Crippen molar-refractivity contribution in [1.82, 2.24) is 5.32 Å². The third kappa shape index (κ3) is 3.85. The Morgan fingerprint density at radius 2 is 2.35 bits per heavy atom. The number of hydrogen-bond donors (Lipinski definition) is 2. The van der Waals surface area contributed by atoms with Crippen LogP contribution in [0.1, 0.15) is 18.4 Å². The fourth-order valence-electron chi connectivity index (χ4n) is 2.69. The minimum Gasteiger partial charge on any atom is -0.394 e. The average molecular weight is 299 g/mol. The second-order valence-corrected chi connectivity index (χ2v) is 5.55. The quantitative estimate of drug-likeness (QED) is 0.756. The summed E-state index contributed by atoms with van der Waals surface area (Å²) in [6, 6.07) is 6.20. The lowest BCUT2D eigenvalue weighted by molar-refractivity contribution is 0.199. The molecule has 0 spiro atoms. The van der Waals surface area contributed by atoms with Crippen LogP contribution in [0.5, 0.6) is 0 Å². The van der Waals surface area contributed by atoms with Gasteiger partial charge in [0.25, 0.3) is 0 Å². The van der Waals surface area contributed by atoms with Crippen LogP contribution >= 0.6 is 11.6 Å². The maximum atomic E-state index is 9.50. The number of hydrogen-bond acceptors (Lipinski definition) is 4. The van der Waals surface area contributed by atoms with Crippen LogP contribution < -0.4 is 10.2 Å². The molecule has 112 valence electrons. The highest BCUT2D eigenvalue weighted by Gasteiger charge is 2.25. The number of rotatable bonds is 7. The van der Waals surface area contributed by atoms with Crippen LogP contribution in [0.25, 0.3) is 0 Å². The molecular weight excluding hydrogens is 276 g/mol. The lowest BCUT2D eigenvalue weighted by Gasteiger charge is -2.28. The summed E-state index contributed by atoms with van der Waals surface area (Å²) in [5.74, 6) is 0. The molecule has 1 saturated heterocycles. The number of benzene rings is 1. The highest BCUT2D eigenvalue weighted by molar-refractivity contribution is 6.30. The van der Waals surface area contributed by atoms with Gasteiger partial charge in [0.2, 0.25) is 0 Å². The van der Waals surface area contributed by atoms with Crippen molar-refractivity contribution in [3.8, 4) is 0 Å². The molecule has 20 heavy (non-hydrogen) atoms. The van der Waals surface area contributed by atoms with Crippen LogP contribution in [0.4, 0.5) is 5.69 Å². The molecule has 0 bridgehead atoms. The second kappa shape index (κ2) is 7.84. The number of ether oxygens (including phenoxy) is 1. The molecule has 1 aromatic rings. The first-order valence-electron chi connectivity index (χ1n) is 7.12. The summed E-state index contributed by atoms with van der Waals surface area (Å²) in [5.41, 5.74) is 2.35. The van der Waals surface area contributed by atoms with E-state index in [-0.39, 0.29) is 12.6 Å². The van der Waals surface area contributed by atoms with Crippen LogP contribution in [-0.4, -0.2) is 44.6 Å². The van der Waals surface area contributed by atoms with Gasteiger partial charge in [0, 0.05) is 37.5 Å². The fraction of sp³-hybridized carbons (Fsp3) is 0.600. The Hall–Kier alpha value is -0.810. The summed E-state index contributed by atoms with van der Waals surface area (Å²) in [7, 11) is 1.70. The molecule has 1 unspecified atom stereocenters. The van der Waals surface area contributed by atoms with Crippen LogP contribution in [-0.2, 0) is 11.3 Å². The van der Waals surface area contributed by atoms with Crippen molar-refractivity contribution in [2.24, 2.45) is 0 Å². The Morgan fingerprint density at radius 1 is 1.50 bits per heavy atom. The molecule has 2 N–H and O–H groups in total. The summed E-state index contributed by atoms with van der Waals surface area (Å²) in [4.78, 5) is 2.28. The van der Waals surface area contributed by atoms with E-state index in [0.29, 0.717) is 6.61 Å². The summed E-state index contributed by atoms with van der Waals surface area (Å²) < 4.78 is 5.04. The van der Waals surface area contributed by atoms with Crippen LogP contribution in [0.2, 0.25) is 5.02 Å². The molecule has 0 amide bonds. The van der Waals surface area contributed by atoms with Gasteiger partial charge < -0.3 is 20.1 Å². The largest absolute Gasteiger partial charge is 0.394 e. The monoisotopic (exact) mass is 298 g/mol. The zero-order valence-electron chi connectivity index (χ0n) is 11.9. The molecule has 4 nitrogen and oxygen atoms in total. The molecule has 5 heteroatoms. The summed E-state index contributed by atoms with van der Waals surface area (Å²) in [5, 5.41) is 13.6. The topological polar surface area (TPSA) is 44.7 Å². The van der Waals surface area contributed by atoms with Crippen molar-refractivity contribution >= 4 is 17.3 Å². The van der Waals surface area contributed by atoms with Crippen molar-refractivity contribution in [3.63, 3.8) is 0 Å². The highest BCUT2D eigenvalue weighted by atomic mass is 35.5. The minimum absolute atomic E-state index is 0.197. The van der Waals surface area contributed by atoms with Gasteiger partial charge in [-0.15, -0.1) is 0 Å². The number of anilines is 1. The predicted molar refractivity (Wildman–Crippen MR) is 82.5 cm³/mol. The fourth-order valence-corrected chi connectivity index (χ4v) is 2.86. The van der Waals surface area contributed by atoms with Crippen LogP contribution in [0.3, 0.4) is 0 Å². The maximum Gasteiger partial charge on any atom is 0.0635 e. The number of nitrogens with one attached hydrogen (secondary N) is 1. The van der Waals surface area contributed by atoms with E-state index in [1.165, 1.54) is 5.56 Å². The molecule has 1 fully saturated rings. The van der Waals surface area contributed by atoms with Gasteiger partial charge in [-0.05, 0) is 30.5 Å². The highest BCUT2D eigenvalue weighted by Crippen LogP contribution is 2.31. The van der Waals surface area contributed by atoms with Crippen molar-refractivity contribution in [2.45, 2.75) is 25.4 Å². The Bertz CT molecular complexity index is 428. The van der Waals surface area contributed by atoms with Gasteiger partial charge in [-0.1, -0.05) is 17.7 Å². The Kier molecular flexibility index (Phi) is 6.10. The SMILES string of the molecule is COCCNCc1ccc(Cl)cc1N1CCCC1CO. The summed E-state index contributed by atoms with van der Waals surface area (Å²) in [6.45, 7) is 3.48. The summed E-state index contributed by atoms with van der Waals surface area (Å²) >= 11 is 6.14. The number of halogens is 1. The number of aliphatic hydroxyl groups excluding tert-OH is 1. The predicted octanol–water partition coefficient (Wildman–Crippen LogP) is 2.04. The van der Waals surface area contributed by atoms with E-state index >= 15 is 0 Å². The van der Waals surface area contributed by atoms with E-state index in [2.05, 4.69) is 16.3 Å². The van der Waals surface area contributed by atoms with Crippen molar-refractivity contribution < 1.29 is 9.84 Å². The van der Waals surface area contributed by atoms with Gasteiger partial charge in [-0.25, -0.2) is 0 Å². The lowest BCUT2D eigenvalue weighted by Crippen LogP contribution is -2.33. The molecule has 0 aliphatic carbocycles. The molecule has 0 saturated carbocycles. The van der Waals surface area contributed by atoms with Crippen LogP contribution in [0.15, 0.2) is 18.2 Å². The molecule has 1 atom stereocenters. The van der Waals surface area contributed by atoms with E-state index in [4.69, 9.17) is 16.3 Å². The maximum absolute atomic E-state index is 9.50. The van der Waals surface area contributed by atoms with Crippen molar-refractivity contribution in [3.05, 3.63) is 28.8 Å². The molecule has 1 aromatic carbocycles. The molecule has 1 heterocycles. The van der Waals surface area contributed by atoms with Gasteiger partial charge >= 0.3 is 0 Å². The normalized spacial score (nSPS) is 18.8. The van der Waals surface area contributed by atoms with E-state index in [1.807, 2.05) is 12.1 Å². The molecule has 2 rings (SSSR count). The third-order valence-electron chi connectivity index (χ3n) is 3.74. The van der Waals surface area contributed by atoms with Crippen molar-refractivity contribution in [2.75, 3.05) is 38.3 Å². The van der Waals surface area contributed by atoms with Crippen LogP contribution in [0, 0.1) is 0 Å². The third-order valence-corrected chi connectivity index (χ3v) is 3.98. The first kappa shape index (κ1) is 15.6. The van der Waals surface area contributed by atoms with Gasteiger partial charge in [-0.3, -0.25) is 0 Å². The Balaban J connectivity index is 2.11. The van der Waals surface area contributed by atoms with E-state index in [1.54, 1.807) is 7.11 Å². The van der Waals surface area contributed by atoms with Gasteiger partial charge in [0.05, 0.1) is 19.3 Å². The average Bonchev–Trinajstić information content (AvgIpc) is 2.93. The van der Waals surface area contributed by atoms with E-state index < -0.39 is 0 Å². The van der Waals surface area contributed by atoms with Crippen molar-refractivity contribution in [1.29, 1.82) is 0 Å². The molecular formula is C15H23ClN2O2. The molecule has 0 radical (unpaired) electrons. The first-order chi connectivity index (χ1) is 9.76. The standard InChI is InChI=1S/C15H23ClN2O2/c1-20-8-6-17-10-12-4-5-13(16)9-15(12)18-7-2-3-14(18)11-19/h4-5,9,14,17,19H,2-3,6-8,10-11H2,1H3. The number of methoxy groups -OCH3 is 1. The van der Waals surface area contributed by atoms with E-state index in [9.17, 15) is 5.11 Å². The Morgan fingerprint density at radius 3 is 3.10 bits per heavy atom. The molecule has 1 aliphatic rings. The zero-order chi connectivity index (χ0) is 14.4. The number of aliphatic hydroxyl groups is 1. The van der Waals surface area contributed by atoms with E-state index in [0.717, 1.165) is 43.2 Å². The van der Waals surface area contributed by atoms with Gasteiger partial charge in [0.1, 0.15) is 0 Å². The minimum atomic E-state index is 0.197.